The molecule has 1 aromatic carbocycles. The number of hydrogen-bond donors (Lipinski definition) is 1. The number of nitrogens with zero attached hydrogens (tertiary/aromatic N) is 3. The summed E-state index contributed by atoms with van der Waals surface area (Å²) in [5.74, 6) is 0.519. The minimum atomic E-state index is -0.445. The minimum absolute atomic E-state index is 0.0909. The molecule has 0 amide bonds. The van der Waals surface area contributed by atoms with Crippen molar-refractivity contribution in [3.63, 3.8) is 0 Å². The largest absolute Gasteiger partial charge is 0.491 e. The summed E-state index contributed by atoms with van der Waals surface area (Å²) < 4.78 is 38.6. The normalized spacial score (nSPS) is 11.7. The molecule has 3 aromatic heterocycles. The molecule has 4 aromatic rings. The van der Waals surface area contributed by atoms with Gasteiger partial charge in [0.25, 0.3) is 0 Å². The van der Waals surface area contributed by atoms with Crippen LogP contribution in [-0.4, -0.2) is 46.7 Å². The van der Waals surface area contributed by atoms with Crippen molar-refractivity contribution in [3.05, 3.63) is 47.8 Å². The van der Waals surface area contributed by atoms with Crippen molar-refractivity contribution in [1.82, 2.24) is 19.6 Å². The number of methoxy groups -OCH3 is 2. The summed E-state index contributed by atoms with van der Waals surface area (Å²) in [5, 5.41) is 4.68. The zero-order valence-electron chi connectivity index (χ0n) is 17.2. The van der Waals surface area contributed by atoms with Gasteiger partial charge < -0.3 is 23.9 Å². The SMILES string of the molecule is COC(CCOc1cn2ncnc(Oc3ccc4[nH]c(C)cc4c3F)c2c1C)OC. The van der Waals surface area contributed by atoms with Crippen LogP contribution in [-0.2, 0) is 9.47 Å². The van der Waals surface area contributed by atoms with Crippen LogP contribution in [0.3, 0.4) is 0 Å². The third-order valence-electron chi connectivity index (χ3n) is 4.93. The summed E-state index contributed by atoms with van der Waals surface area (Å²) in [5.41, 5.74) is 2.98. The second-order valence-electron chi connectivity index (χ2n) is 6.91. The molecule has 0 spiro atoms. The molecule has 8 nitrogen and oxygen atoms in total. The Labute approximate surface area is 172 Å². The van der Waals surface area contributed by atoms with Crippen LogP contribution in [0.4, 0.5) is 4.39 Å². The van der Waals surface area contributed by atoms with Gasteiger partial charge in [0.05, 0.1) is 12.8 Å². The standard InChI is InChI=1S/C21H23FN4O4/c1-12-9-14-15(25-12)5-6-16(19(14)22)30-21-20-13(2)17(10-26(20)24-11-23-21)29-8-7-18(27-3)28-4/h5-6,9-11,18,25H,7-8H2,1-4H3. The fourth-order valence-electron chi connectivity index (χ4n) is 3.39. The number of benzene rings is 1. The molecule has 0 saturated heterocycles. The first-order valence-corrected chi connectivity index (χ1v) is 9.48. The van der Waals surface area contributed by atoms with Gasteiger partial charge in [-0.15, -0.1) is 0 Å². The lowest BCUT2D eigenvalue weighted by molar-refractivity contribution is -0.110. The van der Waals surface area contributed by atoms with Crippen LogP contribution in [0.15, 0.2) is 30.7 Å². The first-order chi connectivity index (χ1) is 14.5. The topological polar surface area (TPSA) is 82.9 Å². The summed E-state index contributed by atoms with van der Waals surface area (Å²) in [7, 11) is 3.16. The first kappa shape index (κ1) is 20.1. The van der Waals surface area contributed by atoms with Gasteiger partial charge in [0.1, 0.15) is 17.6 Å². The van der Waals surface area contributed by atoms with Crippen LogP contribution < -0.4 is 9.47 Å². The maximum absolute atomic E-state index is 14.9. The number of aryl methyl sites for hydroxylation is 2. The van der Waals surface area contributed by atoms with E-state index < -0.39 is 5.82 Å². The molecule has 4 rings (SSSR count). The van der Waals surface area contributed by atoms with E-state index in [1.807, 2.05) is 13.8 Å². The predicted octanol–water partition coefficient (Wildman–Crippen LogP) is 4.15. The fraction of sp³-hybridized carbons (Fsp3) is 0.333. The Morgan fingerprint density at radius 1 is 1.17 bits per heavy atom. The summed E-state index contributed by atoms with van der Waals surface area (Å²) in [6.45, 7) is 4.15. The second kappa shape index (κ2) is 8.29. The molecule has 0 aliphatic carbocycles. The van der Waals surface area contributed by atoms with E-state index >= 15 is 0 Å². The van der Waals surface area contributed by atoms with Crippen LogP contribution >= 0.6 is 0 Å². The number of rotatable bonds is 8. The van der Waals surface area contributed by atoms with E-state index in [1.165, 1.54) is 6.33 Å². The molecule has 3 heterocycles. The molecule has 158 valence electrons. The van der Waals surface area contributed by atoms with Crippen molar-refractivity contribution in [1.29, 1.82) is 0 Å². The van der Waals surface area contributed by atoms with Gasteiger partial charge in [0.2, 0.25) is 5.88 Å². The number of aromatic amines is 1. The number of nitrogens with one attached hydrogen (secondary N) is 1. The van der Waals surface area contributed by atoms with Gasteiger partial charge in [-0.25, -0.2) is 8.91 Å². The van der Waals surface area contributed by atoms with Gasteiger partial charge in [-0.05, 0) is 32.0 Å². The smallest absolute Gasteiger partial charge is 0.247 e. The fourth-order valence-corrected chi connectivity index (χ4v) is 3.39. The third kappa shape index (κ3) is 3.69. The number of ether oxygens (including phenoxy) is 4. The van der Waals surface area contributed by atoms with E-state index in [0.717, 1.165) is 11.3 Å². The Bertz CT molecular complexity index is 1180. The van der Waals surface area contributed by atoms with Crippen LogP contribution in [0.2, 0.25) is 0 Å². The molecule has 0 atom stereocenters. The van der Waals surface area contributed by atoms with E-state index in [9.17, 15) is 4.39 Å². The Morgan fingerprint density at radius 2 is 1.97 bits per heavy atom. The molecule has 0 aliphatic heterocycles. The molecule has 0 unspecified atom stereocenters. The molecule has 0 fully saturated rings. The average molecular weight is 414 g/mol. The molecule has 0 bridgehead atoms. The Balaban J connectivity index is 1.62. The number of halogens is 1. The van der Waals surface area contributed by atoms with Gasteiger partial charge in [-0.1, -0.05) is 0 Å². The van der Waals surface area contributed by atoms with Gasteiger partial charge in [-0.3, -0.25) is 0 Å². The highest BCUT2D eigenvalue weighted by Gasteiger charge is 2.18. The van der Waals surface area contributed by atoms with Crippen molar-refractivity contribution in [2.75, 3.05) is 20.8 Å². The number of H-pyrrole nitrogens is 1. The van der Waals surface area contributed by atoms with E-state index in [0.29, 0.717) is 35.2 Å². The Morgan fingerprint density at radius 3 is 2.73 bits per heavy atom. The average Bonchev–Trinajstić information content (AvgIpc) is 3.28. The maximum atomic E-state index is 14.9. The summed E-state index contributed by atoms with van der Waals surface area (Å²) in [4.78, 5) is 7.32. The Kier molecular flexibility index (Phi) is 5.56. The lowest BCUT2D eigenvalue weighted by atomic mass is 10.2. The van der Waals surface area contributed by atoms with Crippen LogP contribution in [0.1, 0.15) is 17.7 Å². The molecule has 0 aliphatic rings. The van der Waals surface area contributed by atoms with Crippen molar-refractivity contribution in [2.45, 2.75) is 26.6 Å². The minimum Gasteiger partial charge on any atom is -0.491 e. The van der Waals surface area contributed by atoms with Gasteiger partial charge >= 0.3 is 0 Å². The second-order valence-corrected chi connectivity index (χ2v) is 6.91. The van der Waals surface area contributed by atoms with Crippen molar-refractivity contribution >= 4 is 16.4 Å². The van der Waals surface area contributed by atoms with Crippen LogP contribution in [0, 0.1) is 19.7 Å². The molecular formula is C21H23FN4O4. The monoisotopic (exact) mass is 414 g/mol. The number of aromatic nitrogens is 4. The highest BCUT2D eigenvalue weighted by atomic mass is 19.1. The predicted molar refractivity (Wildman–Crippen MR) is 109 cm³/mol. The van der Waals surface area contributed by atoms with E-state index in [1.54, 1.807) is 43.1 Å². The maximum Gasteiger partial charge on any atom is 0.247 e. The molecule has 0 radical (unpaired) electrons. The van der Waals surface area contributed by atoms with Crippen molar-refractivity contribution < 1.29 is 23.3 Å². The first-order valence-electron chi connectivity index (χ1n) is 9.48. The molecular weight excluding hydrogens is 391 g/mol. The highest BCUT2D eigenvalue weighted by Crippen LogP contribution is 2.34. The molecule has 0 saturated carbocycles. The number of fused-ring (bicyclic) bond motifs is 2. The summed E-state index contributed by atoms with van der Waals surface area (Å²) >= 11 is 0. The van der Waals surface area contributed by atoms with Gasteiger partial charge in [0.15, 0.2) is 17.9 Å². The van der Waals surface area contributed by atoms with Crippen LogP contribution in [0.5, 0.6) is 17.4 Å². The lowest BCUT2D eigenvalue weighted by Crippen LogP contribution is -2.16. The Hall–Kier alpha value is -3.17. The number of hydrogen-bond acceptors (Lipinski definition) is 6. The molecule has 1 N–H and O–H groups in total. The highest BCUT2D eigenvalue weighted by molar-refractivity contribution is 5.83. The molecule has 9 heteroatoms. The zero-order chi connectivity index (χ0) is 21.3. The molecule has 30 heavy (non-hydrogen) atoms. The zero-order valence-corrected chi connectivity index (χ0v) is 17.2. The quantitative estimate of drug-likeness (QED) is 0.436. The summed E-state index contributed by atoms with van der Waals surface area (Å²) in [6, 6.07) is 5.10. The van der Waals surface area contributed by atoms with E-state index in [-0.39, 0.29) is 17.9 Å². The third-order valence-corrected chi connectivity index (χ3v) is 4.93. The van der Waals surface area contributed by atoms with Crippen molar-refractivity contribution in [3.8, 4) is 17.4 Å². The van der Waals surface area contributed by atoms with E-state index in [4.69, 9.17) is 18.9 Å². The van der Waals surface area contributed by atoms with Gasteiger partial charge in [-0.2, -0.15) is 10.1 Å². The van der Waals surface area contributed by atoms with Crippen molar-refractivity contribution in [2.24, 2.45) is 0 Å². The summed E-state index contributed by atoms with van der Waals surface area (Å²) in [6.07, 6.45) is 3.32. The lowest BCUT2D eigenvalue weighted by Gasteiger charge is -2.13. The van der Waals surface area contributed by atoms with E-state index in [2.05, 4.69) is 15.1 Å². The van der Waals surface area contributed by atoms with Gasteiger partial charge in [0, 0.05) is 42.8 Å². The van der Waals surface area contributed by atoms with Crippen LogP contribution in [0.25, 0.3) is 16.4 Å².